The van der Waals surface area contributed by atoms with Gasteiger partial charge in [-0.1, -0.05) is 63.5 Å². The largest absolute Gasteiger partial charge is 0.393 e. The first kappa shape index (κ1) is 23.8. The van der Waals surface area contributed by atoms with Crippen molar-refractivity contribution >= 4 is 0 Å². The van der Waals surface area contributed by atoms with E-state index in [0.717, 1.165) is 43.9 Å². The molecule has 0 saturated heterocycles. The highest BCUT2D eigenvalue weighted by Gasteiger charge is 2.53. The van der Waals surface area contributed by atoms with Crippen LogP contribution >= 0.6 is 0 Å². The van der Waals surface area contributed by atoms with Gasteiger partial charge in [-0.15, -0.1) is 0 Å². The number of hydrogen-bond acceptors (Lipinski definition) is 2. The minimum absolute atomic E-state index is 0.197. The first-order valence-corrected chi connectivity index (χ1v) is 12.5. The molecule has 0 heterocycles. The summed E-state index contributed by atoms with van der Waals surface area (Å²) < 4.78 is 0. The van der Waals surface area contributed by atoms with Gasteiger partial charge in [0.25, 0.3) is 0 Å². The fraction of sp³-hybridized carbons (Fsp3) is 0.786. The molecule has 3 fully saturated rings. The molecule has 0 spiro atoms. The van der Waals surface area contributed by atoms with Gasteiger partial charge < -0.3 is 10.2 Å². The van der Waals surface area contributed by atoms with Crippen molar-refractivity contribution in [2.75, 3.05) is 0 Å². The molecule has 3 aliphatic carbocycles. The van der Waals surface area contributed by atoms with E-state index < -0.39 is 5.60 Å². The van der Waals surface area contributed by atoms with Gasteiger partial charge in [-0.05, 0) is 99.9 Å². The Morgan fingerprint density at radius 2 is 2.00 bits per heavy atom. The molecule has 0 aromatic rings. The molecule has 0 aliphatic heterocycles. The Labute approximate surface area is 185 Å². The number of fused-ring (bicyclic) bond motifs is 1. The smallest absolute Gasteiger partial charge is 0.0591 e. The quantitative estimate of drug-likeness (QED) is 0.492. The van der Waals surface area contributed by atoms with Crippen LogP contribution in [0.1, 0.15) is 98.8 Å². The molecule has 0 aromatic carbocycles. The predicted molar refractivity (Wildman–Crippen MR) is 127 cm³/mol. The molecule has 6 atom stereocenters. The highest BCUT2D eigenvalue weighted by molar-refractivity contribution is 5.36. The van der Waals surface area contributed by atoms with Crippen molar-refractivity contribution in [1.29, 1.82) is 0 Å². The average Bonchev–Trinajstić information content (AvgIpc) is 2.91. The van der Waals surface area contributed by atoms with Crippen LogP contribution in [-0.2, 0) is 0 Å². The van der Waals surface area contributed by atoms with Crippen molar-refractivity contribution in [2.24, 2.45) is 29.1 Å². The lowest BCUT2D eigenvalue weighted by Crippen LogP contribution is -2.37. The van der Waals surface area contributed by atoms with Gasteiger partial charge in [-0.2, -0.15) is 0 Å². The van der Waals surface area contributed by atoms with Gasteiger partial charge in [-0.25, -0.2) is 0 Å². The molecular formula is C28H46O2. The van der Waals surface area contributed by atoms with E-state index in [0.29, 0.717) is 17.3 Å². The first-order valence-electron chi connectivity index (χ1n) is 12.5. The van der Waals surface area contributed by atoms with Gasteiger partial charge in [0.1, 0.15) is 0 Å². The number of rotatable bonds is 6. The Balaban J connectivity index is 1.74. The van der Waals surface area contributed by atoms with Crippen molar-refractivity contribution in [3.05, 3.63) is 35.5 Å². The molecule has 3 rings (SSSR count). The summed E-state index contributed by atoms with van der Waals surface area (Å²) >= 11 is 0. The van der Waals surface area contributed by atoms with E-state index in [1.807, 2.05) is 13.8 Å². The van der Waals surface area contributed by atoms with Crippen molar-refractivity contribution in [3.8, 4) is 0 Å². The molecule has 0 bridgehead atoms. The topological polar surface area (TPSA) is 40.5 Å². The third kappa shape index (κ3) is 5.30. The lowest BCUT2D eigenvalue weighted by atomic mass is 9.60. The Kier molecular flexibility index (Phi) is 7.40. The number of aliphatic hydroxyl groups is 2. The normalized spacial score (nSPS) is 38.8. The van der Waals surface area contributed by atoms with Crippen LogP contribution in [0, 0.1) is 29.1 Å². The van der Waals surface area contributed by atoms with Gasteiger partial charge in [0.2, 0.25) is 0 Å². The van der Waals surface area contributed by atoms with E-state index in [1.165, 1.54) is 43.3 Å². The van der Waals surface area contributed by atoms with E-state index in [2.05, 4.69) is 39.5 Å². The average molecular weight is 415 g/mol. The molecule has 3 saturated carbocycles. The summed E-state index contributed by atoms with van der Waals surface area (Å²) in [5, 5.41) is 20.1. The fourth-order valence-electron chi connectivity index (χ4n) is 7.28. The van der Waals surface area contributed by atoms with Gasteiger partial charge in [0.05, 0.1) is 11.7 Å². The number of allylic oxidation sites excluding steroid dienone is 4. The van der Waals surface area contributed by atoms with Crippen molar-refractivity contribution in [1.82, 2.24) is 0 Å². The van der Waals surface area contributed by atoms with E-state index >= 15 is 0 Å². The molecule has 170 valence electrons. The number of hydrogen-bond donors (Lipinski definition) is 2. The van der Waals surface area contributed by atoms with Crippen molar-refractivity contribution in [3.63, 3.8) is 0 Å². The molecular weight excluding hydrogens is 368 g/mol. The summed E-state index contributed by atoms with van der Waals surface area (Å²) in [6.07, 6.45) is 15.5. The van der Waals surface area contributed by atoms with Crippen molar-refractivity contribution < 1.29 is 10.2 Å². The molecule has 0 unspecified atom stereocenters. The molecule has 0 radical (unpaired) electrons. The van der Waals surface area contributed by atoms with Crippen LogP contribution in [0.4, 0.5) is 0 Å². The maximum Gasteiger partial charge on any atom is 0.0591 e. The zero-order valence-electron chi connectivity index (χ0n) is 20.2. The molecule has 2 N–H and O–H groups in total. The molecule has 2 heteroatoms. The molecule has 2 nitrogen and oxygen atoms in total. The molecule has 30 heavy (non-hydrogen) atoms. The Morgan fingerprint density at radius 1 is 1.27 bits per heavy atom. The molecule has 3 aliphatic rings. The SMILES string of the molecule is C=C1CC[C@H](O)C/C1=C/C=C1\CCC[C@]2(C)[C@@H]([C@H](C)CCCC(C)(C)O)[C@H](C)C[C@@H]12. The lowest BCUT2D eigenvalue weighted by Gasteiger charge is -2.45. The Hall–Kier alpha value is -0.860. The van der Waals surface area contributed by atoms with Crippen LogP contribution < -0.4 is 0 Å². The van der Waals surface area contributed by atoms with Crippen LogP contribution in [0.5, 0.6) is 0 Å². The minimum atomic E-state index is -0.543. The van der Waals surface area contributed by atoms with Gasteiger partial charge >= 0.3 is 0 Å². The zero-order chi connectivity index (χ0) is 22.1. The fourth-order valence-corrected chi connectivity index (χ4v) is 7.28. The van der Waals surface area contributed by atoms with Crippen LogP contribution in [0.2, 0.25) is 0 Å². The second-order valence-corrected chi connectivity index (χ2v) is 11.8. The summed E-state index contributed by atoms with van der Waals surface area (Å²) in [5.41, 5.74) is 3.98. The van der Waals surface area contributed by atoms with Gasteiger partial charge in [0, 0.05) is 0 Å². The van der Waals surface area contributed by atoms with E-state index in [1.54, 1.807) is 5.57 Å². The summed E-state index contributed by atoms with van der Waals surface area (Å²) in [5.74, 6) is 2.94. The number of aliphatic hydroxyl groups excluding tert-OH is 1. The summed E-state index contributed by atoms with van der Waals surface area (Å²) in [6, 6.07) is 0. The van der Waals surface area contributed by atoms with Crippen LogP contribution in [0.3, 0.4) is 0 Å². The maximum absolute atomic E-state index is 10.1. The highest BCUT2D eigenvalue weighted by Crippen LogP contribution is 2.62. The molecule has 0 amide bonds. The first-order chi connectivity index (χ1) is 14.0. The predicted octanol–water partition coefficient (Wildman–Crippen LogP) is 6.98. The van der Waals surface area contributed by atoms with E-state index in [9.17, 15) is 10.2 Å². The minimum Gasteiger partial charge on any atom is -0.393 e. The maximum atomic E-state index is 10.1. The molecule has 0 aromatic heterocycles. The third-order valence-corrected chi connectivity index (χ3v) is 8.66. The monoisotopic (exact) mass is 414 g/mol. The van der Waals surface area contributed by atoms with Gasteiger partial charge in [-0.3, -0.25) is 0 Å². The Bertz CT molecular complexity index is 679. The second-order valence-electron chi connectivity index (χ2n) is 11.8. The Morgan fingerprint density at radius 3 is 2.70 bits per heavy atom. The van der Waals surface area contributed by atoms with Crippen LogP contribution in [0.15, 0.2) is 35.5 Å². The summed E-state index contributed by atoms with van der Waals surface area (Å²) in [6.45, 7) is 15.6. The van der Waals surface area contributed by atoms with Crippen LogP contribution in [0.25, 0.3) is 0 Å². The van der Waals surface area contributed by atoms with E-state index in [-0.39, 0.29) is 6.10 Å². The highest BCUT2D eigenvalue weighted by atomic mass is 16.3. The summed E-state index contributed by atoms with van der Waals surface area (Å²) in [7, 11) is 0. The third-order valence-electron chi connectivity index (χ3n) is 8.66. The van der Waals surface area contributed by atoms with Crippen molar-refractivity contribution in [2.45, 2.75) is 111 Å². The lowest BCUT2D eigenvalue weighted by molar-refractivity contribution is 0.0550. The van der Waals surface area contributed by atoms with Crippen LogP contribution in [-0.4, -0.2) is 21.9 Å². The second kappa shape index (κ2) is 9.33. The summed E-state index contributed by atoms with van der Waals surface area (Å²) in [4.78, 5) is 0. The standard InChI is InChI=1S/C28H46O2/c1-19-11-14-24(29)18-23(19)13-12-22-10-8-16-28(6)25(22)17-21(3)26(28)20(2)9-7-15-27(4,5)30/h12-13,20-21,24-26,29-30H,1,7-11,14-18H2,2-6H3/b22-12+,23-13-/t20-,21-,24+,25+,26+,28+/m1/s1. The van der Waals surface area contributed by atoms with Gasteiger partial charge in [0.15, 0.2) is 0 Å². The van der Waals surface area contributed by atoms with E-state index in [4.69, 9.17) is 0 Å². The zero-order valence-corrected chi connectivity index (χ0v) is 20.2.